The lowest BCUT2D eigenvalue weighted by molar-refractivity contribution is 0.0949. The maximum absolute atomic E-state index is 13.2. The molecule has 0 atom stereocenters. The SMILES string of the molecule is COc1c(Cl)ccc2sc(N3CCN(CCNC(=O)c4cc(-c5cccs5)nc5ccccc45)CC3)nc12.Cl. The van der Waals surface area contributed by atoms with E-state index in [1.54, 1.807) is 29.8 Å². The van der Waals surface area contributed by atoms with Crippen LogP contribution in [0.2, 0.25) is 5.02 Å². The molecule has 0 bridgehead atoms. The van der Waals surface area contributed by atoms with Crippen LogP contribution in [0.5, 0.6) is 5.75 Å². The first-order chi connectivity index (χ1) is 18.6. The molecule has 202 valence electrons. The number of methoxy groups -OCH3 is 1. The van der Waals surface area contributed by atoms with Gasteiger partial charge in [-0.25, -0.2) is 9.97 Å². The number of amides is 1. The fraction of sp³-hybridized carbons (Fsp3) is 0.250. The van der Waals surface area contributed by atoms with Gasteiger partial charge in [-0.15, -0.1) is 23.7 Å². The number of rotatable bonds is 7. The van der Waals surface area contributed by atoms with E-state index in [0.29, 0.717) is 22.9 Å². The first kappa shape index (κ1) is 27.6. The fourth-order valence-electron chi connectivity index (χ4n) is 4.76. The number of nitrogens with one attached hydrogen (secondary N) is 1. The Morgan fingerprint density at radius 2 is 1.90 bits per heavy atom. The van der Waals surface area contributed by atoms with Crippen LogP contribution in [0.15, 0.2) is 60.0 Å². The summed E-state index contributed by atoms with van der Waals surface area (Å²) in [5, 5.41) is 7.59. The van der Waals surface area contributed by atoms with E-state index in [1.807, 2.05) is 60.0 Å². The van der Waals surface area contributed by atoms with Crippen LogP contribution in [0, 0.1) is 0 Å². The number of thiazole rings is 1. The molecule has 7 nitrogen and oxygen atoms in total. The molecule has 0 radical (unpaired) electrons. The van der Waals surface area contributed by atoms with Gasteiger partial charge in [-0.2, -0.15) is 0 Å². The molecule has 6 rings (SSSR count). The van der Waals surface area contributed by atoms with Crippen molar-refractivity contribution in [2.75, 3.05) is 51.3 Å². The van der Waals surface area contributed by atoms with Crippen molar-refractivity contribution in [1.82, 2.24) is 20.2 Å². The van der Waals surface area contributed by atoms with Gasteiger partial charge < -0.3 is 15.0 Å². The predicted molar refractivity (Wildman–Crippen MR) is 164 cm³/mol. The lowest BCUT2D eigenvalue weighted by Gasteiger charge is -2.34. The van der Waals surface area contributed by atoms with Crippen molar-refractivity contribution < 1.29 is 9.53 Å². The molecule has 4 heterocycles. The third-order valence-corrected chi connectivity index (χ3v) is 9.02. The lowest BCUT2D eigenvalue weighted by atomic mass is 10.1. The smallest absolute Gasteiger partial charge is 0.252 e. The normalized spacial score (nSPS) is 13.9. The third kappa shape index (κ3) is 5.69. The number of carbonyl (C=O) groups is 1. The predicted octanol–water partition coefficient (Wildman–Crippen LogP) is 6.21. The van der Waals surface area contributed by atoms with Crippen molar-refractivity contribution in [1.29, 1.82) is 0 Å². The number of benzene rings is 2. The van der Waals surface area contributed by atoms with E-state index in [2.05, 4.69) is 15.1 Å². The molecule has 0 aliphatic carbocycles. The van der Waals surface area contributed by atoms with Gasteiger partial charge in [-0.1, -0.05) is 47.2 Å². The van der Waals surface area contributed by atoms with Crippen molar-refractivity contribution >= 4 is 78.8 Å². The van der Waals surface area contributed by atoms with Crippen molar-refractivity contribution in [3.8, 4) is 16.3 Å². The van der Waals surface area contributed by atoms with Gasteiger partial charge in [0.2, 0.25) is 0 Å². The minimum absolute atomic E-state index is 0. The van der Waals surface area contributed by atoms with Gasteiger partial charge in [0.05, 0.1) is 38.5 Å². The summed E-state index contributed by atoms with van der Waals surface area (Å²) < 4.78 is 6.54. The monoisotopic (exact) mass is 599 g/mol. The second kappa shape index (κ2) is 12.1. The van der Waals surface area contributed by atoms with Gasteiger partial charge in [0.25, 0.3) is 5.91 Å². The Balaban J connectivity index is 0.00000308. The van der Waals surface area contributed by atoms with Crippen molar-refractivity contribution in [3.63, 3.8) is 0 Å². The maximum atomic E-state index is 13.2. The van der Waals surface area contributed by atoms with Gasteiger partial charge in [0.1, 0.15) is 5.52 Å². The Morgan fingerprint density at radius 1 is 1.08 bits per heavy atom. The molecule has 39 heavy (non-hydrogen) atoms. The highest BCUT2D eigenvalue weighted by Crippen LogP contribution is 2.38. The zero-order chi connectivity index (χ0) is 26.1. The van der Waals surface area contributed by atoms with E-state index < -0.39 is 0 Å². The number of para-hydroxylation sites is 1. The minimum atomic E-state index is -0.0675. The molecule has 0 spiro atoms. The maximum Gasteiger partial charge on any atom is 0.252 e. The Bertz CT molecular complexity index is 1600. The summed E-state index contributed by atoms with van der Waals surface area (Å²) in [6.07, 6.45) is 0. The molecule has 5 aromatic rings. The highest BCUT2D eigenvalue weighted by atomic mass is 35.5. The summed E-state index contributed by atoms with van der Waals surface area (Å²) in [5.74, 6) is 0.563. The molecule has 1 saturated heterocycles. The number of nitrogens with zero attached hydrogens (tertiary/aromatic N) is 4. The van der Waals surface area contributed by atoms with Crippen LogP contribution in [0.1, 0.15) is 10.4 Å². The zero-order valence-corrected chi connectivity index (χ0v) is 24.4. The number of halogens is 2. The molecular formula is C28H27Cl2N5O2S2. The fourth-order valence-corrected chi connectivity index (χ4v) is 6.69. The van der Waals surface area contributed by atoms with Crippen LogP contribution in [0.3, 0.4) is 0 Å². The lowest BCUT2D eigenvalue weighted by Crippen LogP contribution is -2.48. The number of piperazine rings is 1. The van der Waals surface area contributed by atoms with Crippen LogP contribution >= 0.6 is 46.7 Å². The van der Waals surface area contributed by atoms with E-state index in [9.17, 15) is 4.79 Å². The average Bonchev–Trinajstić information content (AvgIpc) is 3.64. The van der Waals surface area contributed by atoms with Crippen LogP contribution < -0.4 is 15.0 Å². The van der Waals surface area contributed by atoms with Gasteiger partial charge in [-0.05, 0) is 35.7 Å². The summed E-state index contributed by atoms with van der Waals surface area (Å²) in [5.41, 5.74) is 3.13. The molecule has 0 saturated carbocycles. The first-order valence-corrected chi connectivity index (χ1v) is 14.5. The molecule has 1 amide bonds. The topological polar surface area (TPSA) is 70.6 Å². The van der Waals surface area contributed by atoms with E-state index in [0.717, 1.165) is 69.5 Å². The Morgan fingerprint density at radius 3 is 2.67 bits per heavy atom. The summed E-state index contributed by atoms with van der Waals surface area (Å²) in [7, 11) is 1.62. The van der Waals surface area contributed by atoms with Gasteiger partial charge in [-0.3, -0.25) is 9.69 Å². The molecule has 3 aromatic heterocycles. The standard InChI is InChI=1S/C28H26ClN5O2S2.ClH/c1-36-26-20(29)8-9-24-25(26)32-28(38-24)34-14-12-33(13-15-34)11-10-30-27(35)19-17-22(23-7-4-16-37-23)31-21-6-3-2-5-18(19)21;/h2-9,16-17H,10-15H2,1H3,(H,30,35);1H. The number of ether oxygens (including phenoxy) is 1. The number of anilines is 1. The van der Waals surface area contributed by atoms with Gasteiger partial charge in [0.15, 0.2) is 10.9 Å². The summed E-state index contributed by atoms with van der Waals surface area (Å²) in [6, 6.07) is 17.6. The highest BCUT2D eigenvalue weighted by Gasteiger charge is 2.22. The van der Waals surface area contributed by atoms with E-state index in [4.69, 9.17) is 26.3 Å². The molecule has 1 N–H and O–H groups in total. The highest BCUT2D eigenvalue weighted by molar-refractivity contribution is 7.22. The molecule has 1 aliphatic heterocycles. The van der Waals surface area contributed by atoms with Gasteiger partial charge in [0, 0.05) is 44.7 Å². The Labute approximate surface area is 245 Å². The van der Waals surface area contributed by atoms with Crippen LogP contribution in [-0.4, -0.2) is 67.2 Å². The van der Waals surface area contributed by atoms with Crippen molar-refractivity contribution in [3.05, 3.63) is 70.6 Å². The molecule has 2 aromatic carbocycles. The number of hydrogen-bond acceptors (Lipinski definition) is 8. The van der Waals surface area contributed by atoms with Crippen LogP contribution in [0.25, 0.3) is 31.7 Å². The van der Waals surface area contributed by atoms with E-state index in [-0.39, 0.29) is 18.3 Å². The van der Waals surface area contributed by atoms with Crippen LogP contribution in [-0.2, 0) is 0 Å². The van der Waals surface area contributed by atoms with Crippen LogP contribution in [0.4, 0.5) is 5.13 Å². The second-order valence-electron chi connectivity index (χ2n) is 9.06. The number of fused-ring (bicyclic) bond motifs is 2. The Kier molecular flexibility index (Phi) is 8.54. The van der Waals surface area contributed by atoms with Crippen molar-refractivity contribution in [2.24, 2.45) is 0 Å². The number of aromatic nitrogens is 2. The summed E-state index contributed by atoms with van der Waals surface area (Å²) in [4.78, 5) is 28.6. The zero-order valence-electron chi connectivity index (χ0n) is 21.2. The largest absolute Gasteiger partial charge is 0.493 e. The summed E-state index contributed by atoms with van der Waals surface area (Å²) >= 11 is 9.56. The van der Waals surface area contributed by atoms with Gasteiger partial charge >= 0.3 is 0 Å². The van der Waals surface area contributed by atoms with E-state index in [1.165, 1.54) is 0 Å². The molecule has 1 aliphatic rings. The molecule has 11 heteroatoms. The number of hydrogen-bond donors (Lipinski definition) is 1. The third-order valence-electron chi connectivity index (χ3n) is 6.75. The molecule has 0 unspecified atom stereocenters. The van der Waals surface area contributed by atoms with Crippen molar-refractivity contribution in [2.45, 2.75) is 0 Å². The summed E-state index contributed by atoms with van der Waals surface area (Å²) in [6.45, 7) is 4.95. The van der Waals surface area contributed by atoms with E-state index >= 15 is 0 Å². The minimum Gasteiger partial charge on any atom is -0.493 e. The quantitative estimate of drug-likeness (QED) is 0.240. The molecular weight excluding hydrogens is 573 g/mol. The number of thiophene rings is 1. The first-order valence-electron chi connectivity index (χ1n) is 12.4. The molecule has 1 fully saturated rings. The number of carbonyl (C=O) groups excluding carboxylic acids is 1. The number of pyridine rings is 1. The Hall–Kier alpha value is -2.95. The second-order valence-corrected chi connectivity index (χ2v) is 11.4. The average molecular weight is 601 g/mol.